The van der Waals surface area contributed by atoms with Crippen LogP contribution in [0.2, 0.25) is 0 Å². The Morgan fingerprint density at radius 1 is 0.763 bits per heavy atom. The number of ether oxygens (including phenoxy) is 1. The van der Waals surface area contributed by atoms with Crippen molar-refractivity contribution in [3.63, 3.8) is 0 Å². The largest absolute Gasteiger partial charge is 0.462 e. The summed E-state index contributed by atoms with van der Waals surface area (Å²) < 4.78 is 5.03. The number of amides is 1. The number of carbonyl (C=O) groups is 2. The number of hydrogen-bond donors (Lipinski definition) is 3. The highest BCUT2D eigenvalue weighted by molar-refractivity contribution is 8.00. The summed E-state index contributed by atoms with van der Waals surface area (Å²) in [7, 11) is 0. The summed E-state index contributed by atoms with van der Waals surface area (Å²) in [6, 6.07) is 33.7. The number of rotatable bonds is 9. The second-order valence-corrected chi connectivity index (χ2v) is 9.76. The molecule has 1 unspecified atom stereocenters. The maximum atomic E-state index is 13.4. The Hall–Kier alpha value is -4.14. The molecule has 0 heterocycles. The lowest BCUT2D eigenvalue weighted by molar-refractivity contribution is -0.115. The maximum Gasteiger partial charge on any atom is 0.338 e. The fourth-order valence-corrected chi connectivity index (χ4v) is 4.93. The molecule has 4 aromatic rings. The van der Waals surface area contributed by atoms with Crippen molar-refractivity contribution in [1.29, 1.82) is 0 Å². The van der Waals surface area contributed by atoms with E-state index in [1.165, 1.54) is 11.8 Å². The van der Waals surface area contributed by atoms with Gasteiger partial charge in [-0.2, -0.15) is 0 Å². The summed E-state index contributed by atoms with van der Waals surface area (Å²) in [5, 5.41) is 9.31. The van der Waals surface area contributed by atoms with Crippen molar-refractivity contribution >= 4 is 58.0 Å². The topological polar surface area (TPSA) is 79.5 Å². The zero-order valence-electron chi connectivity index (χ0n) is 20.7. The van der Waals surface area contributed by atoms with E-state index < -0.39 is 11.2 Å². The molecule has 1 atom stereocenters. The molecule has 0 aliphatic rings. The molecule has 192 valence electrons. The van der Waals surface area contributed by atoms with Crippen LogP contribution >= 0.6 is 24.0 Å². The number of thioether (sulfide) groups is 1. The fourth-order valence-electron chi connectivity index (χ4n) is 3.61. The zero-order valence-corrected chi connectivity index (χ0v) is 22.4. The third-order valence-corrected chi connectivity index (χ3v) is 6.83. The van der Waals surface area contributed by atoms with E-state index in [-0.39, 0.29) is 5.91 Å². The highest BCUT2D eigenvalue weighted by Crippen LogP contribution is 2.37. The Kier molecular flexibility index (Phi) is 9.50. The first-order chi connectivity index (χ1) is 18.5. The summed E-state index contributed by atoms with van der Waals surface area (Å²) in [6.07, 6.45) is 0. The van der Waals surface area contributed by atoms with Gasteiger partial charge in [0.25, 0.3) is 0 Å². The number of carbonyl (C=O) groups excluding carboxylic acids is 2. The molecule has 0 saturated carbocycles. The average Bonchev–Trinajstić information content (AvgIpc) is 2.93. The van der Waals surface area contributed by atoms with Crippen LogP contribution in [-0.4, -0.2) is 23.6 Å². The predicted octanol–water partition coefficient (Wildman–Crippen LogP) is 7.14. The average molecular weight is 542 g/mol. The molecule has 0 aliphatic heterocycles. The number of thiocarbonyl (C=S) groups is 1. The van der Waals surface area contributed by atoms with Crippen molar-refractivity contribution < 1.29 is 14.3 Å². The van der Waals surface area contributed by atoms with Gasteiger partial charge in [0, 0.05) is 22.0 Å². The molecule has 6 nitrogen and oxygen atoms in total. The first kappa shape index (κ1) is 26.9. The Morgan fingerprint density at radius 3 is 2.05 bits per heavy atom. The van der Waals surface area contributed by atoms with Crippen LogP contribution in [0.3, 0.4) is 0 Å². The monoisotopic (exact) mass is 541 g/mol. The quantitative estimate of drug-likeness (QED) is 0.118. The Balaban J connectivity index is 1.47. The molecule has 4 rings (SSSR count). The molecule has 3 N–H and O–H groups in total. The van der Waals surface area contributed by atoms with Gasteiger partial charge in [0.2, 0.25) is 5.91 Å². The fraction of sp³-hybridized carbons (Fsp3) is 0.100. The molecule has 38 heavy (non-hydrogen) atoms. The Bertz CT molecular complexity index is 1380. The Labute approximate surface area is 231 Å². The minimum absolute atomic E-state index is 0.176. The van der Waals surface area contributed by atoms with Crippen LogP contribution in [0.1, 0.15) is 28.1 Å². The van der Waals surface area contributed by atoms with Gasteiger partial charge in [-0.05, 0) is 79.3 Å². The zero-order chi connectivity index (χ0) is 26.7. The highest BCUT2D eigenvalue weighted by Gasteiger charge is 2.22. The second kappa shape index (κ2) is 13.4. The van der Waals surface area contributed by atoms with Crippen LogP contribution in [0.4, 0.5) is 17.1 Å². The Morgan fingerprint density at radius 2 is 1.37 bits per heavy atom. The van der Waals surface area contributed by atoms with Gasteiger partial charge in [-0.25, -0.2) is 4.79 Å². The SMILES string of the molecule is CCOC(=O)c1ccc(NC(=O)C(Sc2cccc(NC(=S)Nc3ccccc3)c2)c2ccccc2)cc1. The standard InChI is InChI=1S/C30H27N3O3S2/c1-2-36-29(35)22-16-18-24(19-17-22)31-28(34)27(21-10-5-3-6-11-21)38-26-15-9-14-25(20-26)33-30(37)32-23-12-7-4-8-13-23/h3-20,27H,2H2,1H3,(H,31,34)(H2,32,33,37). The van der Waals surface area contributed by atoms with E-state index in [4.69, 9.17) is 17.0 Å². The van der Waals surface area contributed by atoms with Crippen molar-refractivity contribution in [1.82, 2.24) is 0 Å². The van der Waals surface area contributed by atoms with Crippen LogP contribution in [0, 0.1) is 0 Å². The molecular weight excluding hydrogens is 514 g/mol. The summed E-state index contributed by atoms with van der Waals surface area (Å²) in [5.41, 5.74) is 3.61. The minimum Gasteiger partial charge on any atom is -0.462 e. The van der Waals surface area contributed by atoms with Gasteiger partial charge >= 0.3 is 5.97 Å². The first-order valence-electron chi connectivity index (χ1n) is 12.0. The van der Waals surface area contributed by atoms with Gasteiger partial charge in [0.1, 0.15) is 5.25 Å². The molecule has 0 saturated heterocycles. The van der Waals surface area contributed by atoms with Crippen molar-refractivity contribution in [2.45, 2.75) is 17.1 Å². The number of nitrogens with one attached hydrogen (secondary N) is 3. The van der Waals surface area contributed by atoms with Crippen molar-refractivity contribution in [3.05, 3.63) is 120 Å². The summed E-state index contributed by atoms with van der Waals surface area (Å²) >= 11 is 6.90. The van der Waals surface area contributed by atoms with Gasteiger partial charge < -0.3 is 20.7 Å². The molecule has 0 spiro atoms. The van der Waals surface area contributed by atoms with Gasteiger partial charge in [0.05, 0.1) is 12.2 Å². The van der Waals surface area contributed by atoms with Gasteiger partial charge in [-0.15, -0.1) is 11.8 Å². The number of esters is 1. The smallest absolute Gasteiger partial charge is 0.338 e. The molecular formula is C30H27N3O3S2. The number of para-hydroxylation sites is 1. The molecule has 0 bridgehead atoms. The van der Waals surface area contributed by atoms with E-state index in [2.05, 4.69) is 16.0 Å². The van der Waals surface area contributed by atoms with Crippen LogP contribution in [-0.2, 0) is 9.53 Å². The van der Waals surface area contributed by atoms with Gasteiger partial charge in [0.15, 0.2) is 5.11 Å². The number of anilines is 3. The molecule has 8 heteroatoms. The van der Waals surface area contributed by atoms with E-state index in [0.29, 0.717) is 23.0 Å². The first-order valence-corrected chi connectivity index (χ1v) is 13.3. The molecule has 0 radical (unpaired) electrons. The molecule has 1 amide bonds. The minimum atomic E-state index is -0.509. The van der Waals surface area contributed by atoms with Crippen LogP contribution < -0.4 is 16.0 Å². The maximum absolute atomic E-state index is 13.4. The second-order valence-electron chi connectivity index (χ2n) is 8.17. The summed E-state index contributed by atoms with van der Waals surface area (Å²) in [4.78, 5) is 26.3. The molecule has 4 aromatic carbocycles. The lowest BCUT2D eigenvalue weighted by Crippen LogP contribution is -2.19. The lowest BCUT2D eigenvalue weighted by Gasteiger charge is -2.18. The van der Waals surface area contributed by atoms with Crippen LogP contribution in [0.15, 0.2) is 114 Å². The van der Waals surface area contributed by atoms with Gasteiger partial charge in [-0.1, -0.05) is 54.6 Å². The molecule has 0 aromatic heterocycles. The van der Waals surface area contributed by atoms with Gasteiger partial charge in [-0.3, -0.25) is 4.79 Å². The lowest BCUT2D eigenvalue weighted by atomic mass is 10.1. The normalized spacial score (nSPS) is 11.2. The number of benzene rings is 4. The molecule has 0 aliphatic carbocycles. The third kappa shape index (κ3) is 7.68. The van der Waals surface area contributed by atoms with E-state index in [1.807, 2.05) is 84.9 Å². The van der Waals surface area contributed by atoms with E-state index in [9.17, 15) is 9.59 Å². The third-order valence-electron chi connectivity index (χ3n) is 5.38. The summed E-state index contributed by atoms with van der Waals surface area (Å²) in [5.74, 6) is -0.570. The van der Waals surface area contributed by atoms with Crippen LogP contribution in [0.5, 0.6) is 0 Å². The van der Waals surface area contributed by atoms with Crippen molar-refractivity contribution in [2.75, 3.05) is 22.6 Å². The van der Waals surface area contributed by atoms with Crippen LogP contribution in [0.25, 0.3) is 0 Å². The van der Waals surface area contributed by atoms with Crippen molar-refractivity contribution in [2.24, 2.45) is 0 Å². The molecule has 0 fully saturated rings. The summed E-state index contributed by atoms with van der Waals surface area (Å²) in [6.45, 7) is 2.06. The van der Waals surface area contributed by atoms with E-state index in [1.54, 1.807) is 31.2 Å². The highest BCUT2D eigenvalue weighted by atomic mass is 32.2. The predicted molar refractivity (Wildman–Crippen MR) is 159 cm³/mol. The number of hydrogen-bond acceptors (Lipinski definition) is 5. The van der Waals surface area contributed by atoms with E-state index in [0.717, 1.165) is 21.8 Å². The van der Waals surface area contributed by atoms with Crippen molar-refractivity contribution in [3.8, 4) is 0 Å². The van der Waals surface area contributed by atoms with E-state index >= 15 is 0 Å².